The number of thiocarbonyl (C=S) groups is 1. The van der Waals surface area contributed by atoms with Crippen molar-refractivity contribution in [2.24, 2.45) is 10.9 Å². The second kappa shape index (κ2) is 8.15. The van der Waals surface area contributed by atoms with E-state index in [9.17, 15) is 4.79 Å². The van der Waals surface area contributed by atoms with E-state index in [1.165, 1.54) is 0 Å². The zero-order chi connectivity index (χ0) is 16.8. The highest BCUT2D eigenvalue weighted by molar-refractivity contribution is 7.78. The van der Waals surface area contributed by atoms with Crippen LogP contribution in [-0.2, 0) is 4.74 Å². The van der Waals surface area contributed by atoms with Gasteiger partial charge in [-0.05, 0) is 55.4 Å². The fraction of sp³-hybridized carbons (Fsp3) is 0.562. The molecular formula is C16H21N3O3S. The SMILES string of the molecule is CCO[C@@H]1[C@@H](C)C[C@H](c2ccncc2N=C=S)C[C@H]1NC(=O)O. The van der Waals surface area contributed by atoms with Gasteiger partial charge in [0.1, 0.15) is 0 Å². The molecule has 0 saturated heterocycles. The Bertz CT molecular complexity index is 604. The molecule has 0 aromatic carbocycles. The molecule has 1 fully saturated rings. The largest absolute Gasteiger partial charge is 0.465 e. The Morgan fingerprint density at radius 2 is 2.39 bits per heavy atom. The third kappa shape index (κ3) is 4.34. The molecular weight excluding hydrogens is 314 g/mol. The maximum Gasteiger partial charge on any atom is 0.404 e. The van der Waals surface area contributed by atoms with Crippen LogP contribution in [0.5, 0.6) is 0 Å². The summed E-state index contributed by atoms with van der Waals surface area (Å²) in [4.78, 5) is 19.3. The zero-order valence-corrected chi connectivity index (χ0v) is 14.0. The van der Waals surface area contributed by atoms with E-state index in [2.05, 4.69) is 27.4 Å². The Kier molecular flexibility index (Phi) is 6.21. The molecule has 2 N–H and O–H groups in total. The molecule has 1 saturated carbocycles. The number of aliphatic imine (C=N–C) groups is 1. The van der Waals surface area contributed by atoms with Crippen molar-refractivity contribution >= 4 is 29.2 Å². The molecule has 23 heavy (non-hydrogen) atoms. The van der Waals surface area contributed by atoms with E-state index in [0.29, 0.717) is 18.7 Å². The number of carboxylic acid groups (broad SMARTS) is 1. The molecule has 1 heterocycles. The first-order valence-electron chi connectivity index (χ1n) is 7.69. The number of aromatic nitrogens is 1. The first-order valence-corrected chi connectivity index (χ1v) is 8.10. The van der Waals surface area contributed by atoms with Gasteiger partial charge in [0.25, 0.3) is 0 Å². The Morgan fingerprint density at radius 3 is 3.04 bits per heavy atom. The number of rotatable bonds is 5. The van der Waals surface area contributed by atoms with Crippen LogP contribution in [0.1, 0.15) is 38.2 Å². The number of hydrogen-bond donors (Lipinski definition) is 2. The molecule has 1 aliphatic rings. The molecule has 0 aliphatic heterocycles. The van der Waals surface area contributed by atoms with Crippen LogP contribution < -0.4 is 5.32 Å². The third-order valence-corrected chi connectivity index (χ3v) is 4.35. The van der Waals surface area contributed by atoms with Gasteiger partial charge in [0.15, 0.2) is 0 Å². The van der Waals surface area contributed by atoms with Crippen LogP contribution in [0.2, 0.25) is 0 Å². The lowest BCUT2D eigenvalue weighted by molar-refractivity contribution is -0.0245. The third-order valence-electron chi connectivity index (χ3n) is 4.26. The molecule has 1 aromatic heterocycles. The molecule has 1 amide bonds. The zero-order valence-electron chi connectivity index (χ0n) is 13.2. The van der Waals surface area contributed by atoms with Crippen molar-refractivity contribution in [3.05, 3.63) is 24.0 Å². The lowest BCUT2D eigenvalue weighted by atomic mass is 9.74. The van der Waals surface area contributed by atoms with Gasteiger partial charge in [0.05, 0.1) is 29.2 Å². The van der Waals surface area contributed by atoms with Gasteiger partial charge in [-0.25, -0.2) is 4.79 Å². The lowest BCUT2D eigenvalue weighted by Crippen LogP contribution is -2.50. The van der Waals surface area contributed by atoms with E-state index in [1.807, 2.05) is 13.0 Å². The molecule has 1 aromatic rings. The minimum absolute atomic E-state index is 0.119. The summed E-state index contributed by atoms with van der Waals surface area (Å²) in [6, 6.07) is 1.67. The Labute approximate surface area is 141 Å². The molecule has 124 valence electrons. The smallest absolute Gasteiger partial charge is 0.404 e. The summed E-state index contributed by atoms with van der Waals surface area (Å²) in [6.45, 7) is 4.57. The van der Waals surface area contributed by atoms with E-state index in [1.54, 1.807) is 12.4 Å². The Balaban J connectivity index is 2.28. The van der Waals surface area contributed by atoms with Crippen LogP contribution >= 0.6 is 12.2 Å². The van der Waals surface area contributed by atoms with Crippen LogP contribution in [0.3, 0.4) is 0 Å². The summed E-state index contributed by atoms with van der Waals surface area (Å²) in [5.74, 6) is 0.395. The van der Waals surface area contributed by atoms with E-state index < -0.39 is 6.09 Å². The molecule has 0 unspecified atom stereocenters. The van der Waals surface area contributed by atoms with Crippen LogP contribution in [0.15, 0.2) is 23.5 Å². The lowest BCUT2D eigenvalue weighted by Gasteiger charge is -2.40. The van der Waals surface area contributed by atoms with Crippen molar-refractivity contribution in [3.63, 3.8) is 0 Å². The number of carbonyl (C=O) groups is 1. The number of nitrogens with one attached hydrogen (secondary N) is 1. The highest BCUT2D eigenvalue weighted by Crippen LogP contribution is 2.40. The average molecular weight is 335 g/mol. The van der Waals surface area contributed by atoms with Crippen molar-refractivity contribution in [3.8, 4) is 0 Å². The van der Waals surface area contributed by atoms with Gasteiger partial charge in [0, 0.05) is 12.8 Å². The topological polar surface area (TPSA) is 83.8 Å². The highest BCUT2D eigenvalue weighted by atomic mass is 32.1. The molecule has 1 aliphatic carbocycles. The van der Waals surface area contributed by atoms with Crippen molar-refractivity contribution in [2.75, 3.05) is 6.61 Å². The monoisotopic (exact) mass is 335 g/mol. The summed E-state index contributed by atoms with van der Waals surface area (Å²) in [6.07, 6.45) is 3.79. The van der Waals surface area contributed by atoms with Crippen molar-refractivity contribution in [2.45, 2.75) is 44.8 Å². The highest BCUT2D eigenvalue weighted by Gasteiger charge is 2.38. The maximum absolute atomic E-state index is 11.1. The first-order chi connectivity index (χ1) is 11.1. The summed E-state index contributed by atoms with van der Waals surface area (Å²) in [7, 11) is 0. The van der Waals surface area contributed by atoms with Crippen molar-refractivity contribution in [1.29, 1.82) is 0 Å². The summed E-state index contributed by atoms with van der Waals surface area (Å²) < 4.78 is 5.78. The second-order valence-corrected chi connectivity index (χ2v) is 5.94. The summed E-state index contributed by atoms with van der Waals surface area (Å²) in [5.41, 5.74) is 1.72. The number of nitrogens with zero attached hydrogens (tertiary/aromatic N) is 2. The molecule has 6 nitrogen and oxygen atoms in total. The fourth-order valence-electron chi connectivity index (χ4n) is 3.43. The predicted octanol–water partition coefficient (Wildman–Crippen LogP) is 3.37. The fourth-order valence-corrected chi connectivity index (χ4v) is 3.53. The molecule has 0 radical (unpaired) electrons. The normalized spacial score (nSPS) is 27.0. The predicted molar refractivity (Wildman–Crippen MR) is 90.4 cm³/mol. The number of isothiocyanates is 1. The standard InChI is InChI=1S/C16H21N3O3S/c1-3-22-15-10(2)6-11(7-13(15)19-16(20)21)12-4-5-17-8-14(12)18-9-23/h4-5,8,10-11,13,15,19H,3,6-7H2,1-2H3,(H,20,21)/t10-,11-,13+,15+/m0/s1. The van der Waals surface area contributed by atoms with E-state index in [-0.39, 0.29) is 24.0 Å². The minimum atomic E-state index is -1.03. The average Bonchev–Trinajstić information content (AvgIpc) is 2.51. The van der Waals surface area contributed by atoms with E-state index >= 15 is 0 Å². The van der Waals surface area contributed by atoms with Crippen LogP contribution in [-0.4, -0.2) is 40.1 Å². The number of amides is 1. The van der Waals surface area contributed by atoms with Crippen molar-refractivity contribution < 1.29 is 14.6 Å². The van der Waals surface area contributed by atoms with Crippen LogP contribution in [0.25, 0.3) is 0 Å². The van der Waals surface area contributed by atoms with Gasteiger partial charge >= 0.3 is 6.09 Å². The van der Waals surface area contributed by atoms with Crippen molar-refractivity contribution in [1.82, 2.24) is 10.3 Å². The molecule has 7 heteroatoms. The number of ether oxygens (including phenoxy) is 1. The van der Waals surface area contributed by atoms with Gasteiger partial charge in [-0.3, -0.25) is 4.98 Å². The summed E-state index contributed by atoms with van der Waals surface area (Å²) >= 11 is 4.70. The first kappa shape index (κ1) is 17.5. The Hall–Kier alpha value is -1.82. The van der Waals surface area contributed by atoms with Gasteiger partial charge in [0.2, 0.25) is 0 Å². The quantitative estimate of drug-likeness (QED) is 0.636. The molecule has 0 bridgehead atoms. The second-order valence-electron chi connectivity index (χ2n) is 5.76. The minimum Gasteiger partial charge on any atom is -0.465 e. The molecule has 2 rings (SSSR count). The van der Waals surface area contributed by atoms with Crippen LogP contribution in [0, 0.1) is 5.92 Å². The van der Waals surface area contributed by atoms with Gasteiger partial charge in [-0.2, -0.15) is 4.99 Å². The van der Waals surface area contributed by atoms with Crippen LogP contribution in [0.4, 0.5) is 10.5 Å². The molecule has 0 spiro atoms. The van der Waals surface area contributed by atoms with Gasteiger partial charge in [-0.15, -0.1) is 0 Å². The van der Waals surface area contributed by atoms with E-state index in [4.69, 9.17) is 22.1 Å². The number of hydrogen-bond acceptors (Lipinski definition) is 5. The van der Waals surface area contributed by atoms with Gasteiger partial charge < -0.3 is 15.2 Å². The Morgan fingerprint density at radius 1 is 1.61 bits per heavy atom. The van der Waals surface area contributed by atoms with E-state index in [0.717, 1.165) is 12.0 Å². The van der Waals surface area contributed by atoms with Gasteiger partial charge in [-0.1, -0.05) is 6.92 Å². The number of pyridine rings is 1. The molecule has 4 atom stereocenters. The maximum atomic E-state index is 11.1. The summed E-state index contributed by atoms with van der Waals surface area (Å²) in [5, 5.41) is 14.1.